The van der Waals surface area contributed by atoms with Crippen molar-refractivity contribution in [1.82, 2.24) is 10.6 Å². The Bertz CT molecular complexity index is 663. The molecule has 1 aliphatic rings. The van der Waals surface area contributed by atoms with E-state index in [9.17, 15) is 9.18 Å². The summed E-state index contributed by atoms with van der Waals surface area (Å²) in [4.78, 5) is 12.2. The average molecular weight is 407 g/mol. The summed E-state index contributed by atoms with van der Waals surface area (Å²) in [5, 5.41) is 6.04. The van der Waals surface area contributed by atoms with Crippen molar-refractivity contribution in [3.05, 3.63) is 47.7 Å². The van der Waals surface area contributed by atoms with E-state index in [0.717, 1.165) is 31.5 Å². The van der Waals surface area contributed by atoms with Crippen molar-refractivity contribution in [2.75, 3.05) is 26.8 Å². The molecular weight excluding hydrogens is 371 g/mol. The molecule has 6 heteroatoms. The van der Waals surface area contributed by atoms with E-state index in [1.54, 1.807) is 32.2 Å². The average Bonchev–Trinajstić information content (AvgIpc) is 2.76. The minimum absolute atomic E-state index is 0.383. The largest absolute Gasteiger partial charge is 0.497 e. The number of rotatable bonds is 7. The highest BCUT2D eigenvalue weighted by atomic mass is 19.1. The van der Waals surface area contributed by atoms with Crippen LogP contribution in [0.25, 0.3) is 5.57 Å². The first-order chi connectivity index (χ1) is 14.0. The first kappa shape index (κ1) is 24.7. The Morgan fingerprint density at radius 2 is 1.90 bits per heavy atom. The third-order valence-corrected chi connectivity index (χ3v) is 4.52. The molecule has 0 bridgehead atoms. The standard InChI is InChI=1S/C21H29FN2O3.C2H6/c1-4-20(24-21(25)27-14-16-9-11-23-12-10-16)19(13-15(2)22)17-5-7-18(26-3)8-6-17;1-2/h4-8,13,15-16,23H,9-12,14H2,1-3H3,(H,24,25);1-2H3/b19-13-,20-4+;. The molecule has 29 heavy (non-hydrogen) atoms. The van der Waals surface area contributed by atoms with E-state index in [4.69, 9.17) is 9.47 Å². The van der Waals surface area contributed by atoms with Gasteiger partial charge in [0, 0.05) is 11.3 Å². The van der Waals surface area contributed by atoms with Crippen LogP contribution < -0.4 is 15.4 Å². The normalized spacial score (nSPS) is 16.3. The molecule has 1 aromatic rings. The van der Waals surface area contributed by atoms with Gasteiger partial charge in [0.25, 0.3) is 0 Å². The van der Waals surface area contributed by atoms with Gasteiger partial charge in [-0.05, 0) is 69.5 Å². The van der Waals surface area contributed by atoms with Crippen molar-refractivity contribution in [3.63, 3.8) is 0 Å². The maximum absolute atomic E-state index is 13.7. The summed E-state index contributed by atoms with van der Waals surface area (Å²) in [7, 11) is 1.59. The van der Waals surface area contributed by atoms with Crippen LogP contribution in [0.5, 0.6) is 5.75 Å². The highest BCUT2D eigenvalue weighted by molar-refractivity contribution is 5.84. The van der Waals surface area contributed by atoms with E-state index in [2.05, 4.69) is 10.6 Å². The van der Waals surface area contributed by atoms with Crippen molar-refractivity contribution in [3.8, 4) is 5.75 Å². The topological polar surface area (TPSA) is 59.6 Å². The summed E-state index contributed by atoms with van der Waals surface area (Å²) < 4.78 is 24.3. The first-order valence-electron chi connectivity index (χ1n) is 10.3. The summed E-state index contributed by atoms with van der Waals surface area (Å²) in [6.07, 6.45) is 3.53. The van der Waals surface area contributed by atoms with Crippen molar-refractivity contribution in [2.24, 2.45) is 5.92 Å². The minimum atomic E-state index is -1.16. The van der Waals surface area contributed by atoms with Gasteiger partial charge in [-0.25, -0.2) is 9.18 Å². The van der Waals surface area contributed by atoms with Gasteiger partial charge < -0.3 is 14.8 Å². The number of piperidine rings is 1. The number of hydrogen-bond acceptors (Lipinski definition) is 4. The molecule has 1 atom stereocenters. The van der Waals surface area contributed by atoms with Crippen molar-refractivity contribution < 1.29 is 18.7 Å². The Hall–Kier alpha value is -2.34. The van der Waals surface area contributed by atoms with Crippen LogP contribution in [-0.2, 0) is 4.74 Å². The number of alkyl halides is 1. The van der Waals surface area contributed by atoms with E-state index in [1.165, 1.54) is 13.0 Å². The molecule has 1 aromatic carbocycles. The number of methoxy groups -OCH3 is 1. The number of carbonyl (C=O) groups is 1. The zero-order valence-corrected chi connectivity index (χ0v) is 18.3. The van der Waals surface area contributed by atoms with Gasteiger partial charge in [0.2, 0.25) is 0 Å². The lowest BCUT2D eigenvalue weighted by Gasteiger charge is -2.22. The number of halogens is 1. The van der Waals surface area contributed by atoms with E-state index in [0.29, 0.717) is 29.5 Å². The molecule has 1 heterocycles. The fourth-order valence-corrected chi connectivity index (χ4v) is 3.02. The Balaban J connectivity index is 0.00000204. The quantitative estimate of drug-likeness (QED) is 0.619. The molecule has 5 nitrogen and oxygen atoms in total. The molecule has 1 unspecified atom stereocenters. The lowest BCUT2D eigenvalue weighted by Crippen LogP contribution is -2.32. The van der Waals surface area contributed by atoms with Crippen LogP contribution in [0.1, 0.15) is 46.1 Å². The van der Waals surface area contributed by atoms with Gasteiger partial charge in [-0.15, -0.1) is 0 Å². The van der Waals surface area contributed by atoms with E-state index in [1.807, 2.05) is 26.0 Å². The van der Waals surface area contributed by atoms with Gasteiger partial charge in [0.05, 0.1) is 13.7 Å². The fourth-order valence-electron chi connectivity index (χ4n) is 3.02. The van der Waals surface area contributed by atoms with E-state index < -0.39 is 12.3 Å². The second-order valence-electron chi connectivity index (χ2n) is 6.61. The molecule has 1 amide bonds. The number of amides is 1. The summed E-state index contributed by atoms with van der Waals surface area (Å²) in [5.74, 6) is 1.09. The van der Waals surface area contributed by atoms with E-state index in [-0.39, 0.29) is 0 Å². The summed E-state index contributed by atoms with van der Waals surface area (Å²) >= 11 is 0. The monoisotopic (exact) mass is 406 g/mol. The first-order valence-corrected chi connectivity index (χ1v) is 10.3. The smallest absolute Gasteiger partial charge is 0.411 e. The Morgan fingerprint density at radius 1 is 1.28 bits per heavy atom. The van der Waals surface area contributed by atoms with E-state index >= 15 is 0 Å². The number of benzene rings is 1. The molecule has 1 saturated heterocycles. The second kappa shape index (κ2) is 13.8. The van der Waals surface area contributed by atoms with Crippen LogP contribution in [0.2, 0.25) is 0 Å². The molecule has 162 valence electrons. The van der Waals surface area contributed by atoms with Gasteiger partial charge in [-0.1, -0.05) is 32.1 Å². The van der Waals surface area contributed by atoms with Crippen LogP contribution in [-0.4, -0.2) is 39.1 Å². The molecule has 1 aliphatic heterocycles. The van der Waals surface area contributed by atoms with Crippen molar-refractivity contribution in [1.29, 1.82) is 0 Å². The third-order valence-electron chi connectivity index (χ3n) is 4.52. The number of carbonyl (C=O) groups excluding carboxylic acids is 1. The number of ether oxygens (including phenoxy) is 2. The maximum atomic E-state index is 13.7. The summed E-state index contributed by atoms with van der Waals surface area (Å²) in [6.45, 7) is 9.55. The van der Waals surface area contributed by atoms with Crippen LogP contribution >= 0.6 is 0 Å². The fraction of sp³-hybridized carbons (Fsp3) is 0.522. The Kier molecular flexibility index (Phi) is 11.7. The third kappa shape index (κ3) is 8.69. The number of alkyl carbamates (subject to hydrolysis) is 1. The van der Waals surface area contributed by atoms with Gasteiger partial charge in [-0.3, -0.25) is 5.32 Å². The maximum Gasteiger partial charge on any atom is 0.411 e. The Morgan fingerprint density at radius 3 is 2.41 bits per heavy atom. The molecule has 0 spiro atoms. The molecule has 2 rings (SSSR count). The number of nitrogens with one attached hydrogen (secondary N) is 2. The predicted molar refractivity (Wildman–Crippen MR) is 117 cm³/mol. The second-order valence-corrected chi connectivity index (χ2v) is 6.61. The van der Waals surface area contributed by atoms with Crippen LogP contribution in [0.4, 0.5) is 9.18 Å². The SMILES string of the molecule is C/C=C(NC(=O)OCC1CCNCC1)\C(=C/C(C)F)c1ccc(OC)cc1.CC. The van der Waals surface area contributed by atoms with Crippen LogP contribution in [0, 0.1) is 5.92 Å². The van der Waals surface area contributed by atoms with Gasteiger partial charge >= 0.3 is 6.09 Å². The zero-order valence-electron chi connectivity index (χ0n) is 18.3. The number of hydrogen-bond donors (Lipinski definition) is 2. The molecule has 0 radical (unpaired) electrons. The molecule has 0 aliphatic carbocycles. The van der Waals surface area contributed by atoms with Crippen LogP contribution in [0.3, 0.4) is 0 Å². The van der Waals surface area contributed by atoms with Gasteiger partial charge in [0.1, 0.15) is 11.9 Å². The molecule has 0 saturated carbocycles. The predicted octanol–water partition coefficient (Wildman–Crippen LogP) is 5.09. The summed E-state index contributed by atoms with van der Waals surface area (Å²) in [5.41, 5.74) is 1.90. The van der Waals surface area contributed by atoms with Crippen molar-refractivity contribution >= 4 is 11.7 Å². The Labute approximate surface area is 174 Å². The lowest BCUT2D eigenvalue weighted by molar-refractivity contribution is 0.120. The van der Waals surface area contributed by atoms with Crippen molar-refractivity contribution in [2.45, 2.75) is 46.7 Å². The highest BCUT2D eigenvalue weighted by Gasteiger charge is 2.17. The van der Waals surface area contributed by atoms with Crippen LogP contribution in [0.15, 0.2) is 42.1 Å². The minimum Gasteiger partial charge on any atom is -0.497 e. The molecular formula is C23H35FN2O3. The molecule has 0 aromatic heterocycles. The van der Waals surface area contributed by atoms with Gasteiger partial charge in [-0.2, -0.15) is 0 Å². The lowest BCUT2D eigenvalue weighted by atomic mass is 9.99. The highest BCUT2D eigenvalue weighted by Crippen LogP contribution is 2.25. The zero-order chi connectivity index (χ0) is 21.6. The summed E-state index contributed by atoms with van der Waals surface area (Å²) in [6, 6.07) is 7.26. The molecule has 2 N–H and O–H groups in total. The van der Waals surface area contributed by atoms with Gasteiger partial charge in [0.15, 0.2) is 0 Å². The molecule has 1 fully saturated rings. The number of allylic oxidation sites excluding steroid dienone is 3.